The van der Waals surface area contributed by atoms with Gasteiger partial charge in [0.1, 0.15) is 16.4 Å². The summed E-state index contributed by atoms with van der Waals surface area (Å²) < 4.78 is 22.5. The maximum absolute atomic E-state index is 13.7. The number of anilines is 1. The molecule has 2 aromatic carbocycles. The smallest absolute Gasteiger partial charge is 0.350 e. The number of nitrogens with zero attached hydrogens (tertiary/aromatic N) is 2. The van der Waals surface area contributed by atoms with Crippen LogP contribution in [0.1, 0.15) is 79.0 Å². The van der Waals surface area contributed by atoms with Gasteiger partial charge in [0.25, 0.3) is 5.78 Å². The summed E-state index contributed by atoms with van der Waals surface area (Å²) in [5, 5.41) is 11.7. The van der Waals surface area contributed by atoms with Crippen LogP contribution in [-0.2, 0) is 14.3 Å². The third-order valence-corrected chi connectivity index (χ3v) is 8.17. The van der Waals surface area contributed by atoms with E-state index in [1.165, 1.54) is 12.0 Å². The summed E-state index contributed by atoms with van der Waals surface area (Å²) in [4.78, 5) is 45.9. The van der Waals surface area contributed by atoms with Crippen LogP contribution >= 0.6 is 11.3 Å². The molecule has 0 radical (unpaired) electrons. The van der Waals surface area contributed by atoms with Gasteiger partial charge in [0.2, 0.25) is 0 Å². The van der Waals surface area contributed by atoms with Gasteiger partial charge in [-0.3, -0.25) is 14.5 Å². The first-order chi connectivity index (χ1) is 21.2. The van der Waals surface area contributed by atoms with Crippen molar-refractivity contribution in [1.82, 2.24) is 4.98 Å². The predicted molar refractivity (Wildman–Crippen MR) is 168 cm³/mol. The van der Waals surface area contributed by atoms with Crippen LogP contribution in [0.4, 0.5) is 5.13 Å². The number of unbranched alkanes of at least 4 members (excludes halogenated alkanes) is 2. The van der Waals surface area contributed by atoms with Crippen LogP contribution < -0.4 is 19.1 Å². The molecule has 234 valence electrons. The molecule has 1 N–H and O–H groups in total. The second kappa shape index (κ2) is 14.9. The fourth-order valence-corrected chi connectivity index (χ4v) is 5.73. The molecular weight excluding hydrogens is 584 g/mol. The van der Waals surface area contributed by atoms with Crippen molar-refractivity contribution in [3.63, 3.8) is 0 Å². The number of aromatic nitrogens is 1. The number of amides is 1. The lowest BCUT2D eigenvalue weighted by Crippen LogP contribution is -2.29. The zero-order valence-electron chi connectivity index (χ0n) is 25.7. The number of ketones is 1. The monoisotopic (exact) mass is 622 g/mol. The Hall–Kier alpha value is -4.38. The van der Waals surface area contributed by atoms with Crippen molar-refractivity contribution in [1.29, 1.82) is 0 Å². The molecule has 1 atom stereocenters. The zero-order valence-corrected chi connectivity index (χ0v) is 26.5. The highest BCUT2D eigenvalue weighted by Gasteiger charge is 2.48. The van der Waals surface area contributed by atoms with Crippen molar-refractivity contribution in [2.24, 2.45) is 0 Å². The summed E-state index contributed by atoms with van der Waals surface area (Å²) in [6.45, 7) is 8.62. The van der Waals surface area contributed by atoms with E-state index < -0.39 is 23.7 Å². The third-order valence-electron chi connectivity index (χ3n) is 7.03. The van der Waals surface area contributed by atoms with Gasteiger partial charge in [-0.25, -0.2) is 9.78 Å². The number of carbonyl (C=O) groups excluding carboxylic acids is 3. The Kier molecular flexibility index (Phi) is 11.0. The Morgan fingerprint density at radius 1 is 1.00 bits per heavy atom. The molecule has 0 saturated carbocycles. The number of thiazole rings is 1. The summed E-state index contributed by atoms with van der Waals surface area (Å²) >= 11 is 0.946. The van der Waals surface area contributed by atoms with Gasteiger partial charge in [0.15, 0.2) is 16.6 Å². The van der Waals surface area contributed by atoms with Crippen molar-refractivity contribution in [2.45, 2.75) is 59.4 Å². The van der Waals surface area contributed by atoms with Crippen molar-refractivity contribution >= 4 is 39.9 Å². The van der Waals surface area contributed by atoms with E-state index >= 15 is 0 Å². The molecule has 11 heteroatoms. The largest absolute Gasteiger partial charge is 0.507 e. The van der Waals surface area contributed by atoms with Crippen LogP contribution in [0.2, 0.25) is 0 Å². The third kappa shape index (κ3) is 6.88. The number of methoxy groups -OCH3 is 1. The average molecular weight is 623 g/mol. The van der Waals surface area contributed by atoms with Crippen LogP contribution in [0.15, 0.2) is 48.0 Å². The SMILES string of the molecule is CCCCOc1cccc(/C(O)=C2\C(=O)C(=O)N(c3nc(C)c(C(=O)OCC)s3)C2c2ccc(OCCCC)c(OC)c2)c1. The topological polar surface area (TPSA) is 124 Å². The van der Waals surface area contributed by atoms with Gasteiger partial charge in [-0.15, -0.1) is 0 Å². The van der Waals surface area contributed by atoms with Gasteiger partial charge >= 0.3 is 11.9 Å². The van der Waals surface area contributed by atoms with E-state index in [0.29, 0.717) is 47.3 Å². The van der Waals surface area contributed by atoms with Gasteiger partial charge in [0, 0.05) is 5.56 Å². The highest BCUT2D eigenvalue weighted by molar-refractivity contribution is 7.17. The van der Waals surface area contributed by atoms with Crippen molar-refractivity contribution in [3.05, 3.63) is 69.7 Å². The molecule has 1 aliphatic heterocycles. The van der Waals surface area contributed by atoms with Gasteiger partial charge in [-0.2, -0.15) is 0 Å². The Bertz CT molecular complexity index is 1550. The van der Waals surface area contributed by atoms with Crippen molar-refractivity contribution in [2.75, 3.05) is 31.8 Å². The highest BCUT2D eigenvalue weighted by atomic mass is 32.1. The number of hydrogen-bond acceptors (Lipinski definition) is 10. The predicted octanol–water partition coefficient (Wildman–Crippen LogP) is 6.62. The van der Waals surface area contributed by atoms with Gasteiger partial charge in [-0.1, -0.05) is 56.2 Å². The summed E-state index contributed by atoms with van der Waals surface area (Å²) in [6.07, 6.45) is 3.64. The van der Waals surface area contributed by atoms with Gasteiger partial charge in [-0.05, 0) is 56.5 Å². The number of aliphatic hydroxyl groups is 1. The lowest BCUT2D eigenvalue weighted by Gasteiger charge is -2.24. The highest BCUT2D eigenvalue weighted by Crippen LogP contribution is 2.45. The van der Waals surface area contributed by atoms with Crippen molar-refractivity contribution < 1.29 is 38.4 Å². The zero-order chi connectivity index (χ0) is 31.8. The standard InChI is InChI=1S/C33H38N2O8S/c1-6-9-16-42-23-13-11-12-22(18-23)28(36)26-27(21-14-15-24(25(19-21)40-5)43-17-10-7-2)35(31(38)29(26)37)33-34-20(4)30(44-33)32(39)41-8-3/h11-15,18-19,27,36H,6-10,16-17H2,1-5H3/b28-26+. The van der Waals surface area contributed by atoms with E-state index in [4.69, 9.17) is 18.9 Å². The minimum atomic E-state index is -1.08. The molecular formula is C33H38N2O8S. The summed E-state index contributed by atoms with van der Waals surface area (Å²) in [5.41, 5.74) is 1.02. The summed E-state index contributed by atoms with van der Waals surface area (Å²) in [6, 6.07) is 10.8. The van der Waals surface area contributed by atoms with E-state index in [9.17, 15) is 19.5 Å². The van der Waals surface area contributed by atoms with E-state index in [0.717, 1.165) is 37.0 Å². The second-order valence-corrected chi connectivity index (χ2v) is 11.1. The van der Waals surface area contributed by atoms with Crippen LogP contribution in [0.3, 0.4) is 0 Å². The first-order valence-electron chi connectivity index (χ1n) is 14.7. The van der Waals surface area contributed by atoms with Crippen molar-refractivity contribution in [3.8, 4) is 17.2 Å². The molecule has 0 spiro atoms. The molecule has 1 aliphatic rings. The Morgan fingerprint density at radius 3 is 2.41 bits per heavy atom. The van der Waals surface area contributed by atoms with Crippen LogP contribution in [0.25, 0.3) is 5.76 Å². The van der Waals surface area contributed by atoms with Gasteiger partial charge in [0.05, 0.1) is 44.2 Å². The molecule has 4 rings (SSSR count). The minimum absolute atomic E-state index is 0.121. The summed E-state index contributed by atoms with van der Waals surface area (Å²) in [7, 11) is 1.50. The van der Waals surface area contributed by atoms with Gasteiger partial charge < -0.3 is 24.1 Å². The minimum Gasteiger partial charge on any atom is -0.507 e. The number of aryl methyl sites for hydroxylation is 1. The normalized spacial score (nSPS) is 15.8. The average Bonchev–Trinajstić information content (AvgIpc) is 3.53. The fraction of sp³-hybridized carbons (Fsp3) is 0.394. The van der Waals surface area contributed by atoms with Crippen LogP contribution in [0, 0.1) is 6.92 Å². The number of rotatable bonds is 14. The number of Topliss-reactive ketones (excluding diaryl/α,β-unsaturated/α-hetero) is 1. The Labute approximate surface area is 261 Å². The molecule has 2 heterocycles. The molecule has 0 bridgehead atoms. The molecule has 44 heavy (non-hydrogen) atoms. The maximum atomic E-state index is 13.7. The summed E-state index contributed by atoms with van der Waals surface area (Å²) in [5.74, 6) is -1.28. The lowest BCUT2D eigenvalue weighted by molar-refractivity contribution is -0.132. The Balaban J connectivity index is 1.87. The van der Waals surface area contributed by atoms with Crippen LogP contribution in [0.5, 0.6) is 17.2 Å². The van der Waals surface area contributed by atoms with E-state index in [1.807, 2.05) is 0 Å². The molecule has 1 unspecified atom stereocenters. The number of ether oxygens (including phenoxy) is 4. The number of benzene rings is 2. The fourth-order valence-electron chi connectivity index (χ4n) is 4.74. The first-order valence-corrected chi connectivity index (χ1v) is 15.6. The molecule has 10 nitrogen and oxygen atoms in total. The number of hydrogen-bond donors (Lipinski definition) is 1. The molecule has 1 saturated heterocycles. The number of esters is 1. The van der Waals surface area contributed by atoms with E-state index in [2.05, 4.69) is 18.8 Å². The lowest BCUT2D eigenvalue weighted by atomic mass is 9.95. The number of aliphatic hydroxyl groups excluding tert-OH is 1. The van der Waals surface area contributed by atoms with E-state index in [1.54, 1.807) is 56.3 Å². The van der Waals surface area contributed by atoms with E-state index in [-0.39, 0.29) is 27.9 Å². The second-order valence-electron chi connectivity index (χ2n) is 10.1. The quantitative estimate of drug-likeness (QED) is 0.0694. The van der Waals surface area contributed by atoms with Crippen LogP contribution in [-0.4, -0.2) is 54.7 Å². The molecule has 1 fully saturated rings. The number of carbonyl (C=O) groups is 3. The molecule has 1 amide bonds. The first kappa shape index (κ1) is 32.5. The molecule has 0 aliphatic carbocycles. The molecule has 3 aromatic rings. The molecule has 1 aromatic heterocycles. The maximum Gasteiger partial charge on any atom is 0.350 e. The Morgan fingerprint density at radius 2 is 1.73 bits per heavy atom.